The van der Waals surface area contributed by atoms with E-state index in [0.29, 0.717) is 23.7 Å². The van der Waals surface area contributed by atoms with Gasteiger partial charge < -0.3 is 10.5 Å². The van der Waals surface area contributed by atoms with Gasteiger partial charge in [-0.2, -0.15) is 0 Å². The van der Waals surface area contributed by atoms with Crippen LogP contribution in [0.5, 0.6) is 0 Å². The quantitative estimate of drug-likeness (QED) is 0.851. The first-order valence-corrected chi connectivity index (χ1v) is 5.73. The Kier molecular flexibility index (Phi) is 4.93. The molecule has 1 heterocycles. The average molecular weight is 268 g/mol. The molecule has 0 aliphatic carbocycles. The summed E-state index contributed by atoms with van der Waals surface area (Å²) in [6.07, 6.45) is 0.366. The first-order valence-electron chi connectivity index (χ1n) is 5.36. The Morgan fingerprint density at radius 1 is 1.50 bits per heavy atom. The molecule has 0 fully saturated rings. The Morgan fingerprint density at radius 3 is 2.78 bits per heavy atom. The number of aromatic nitrogens is 2. The van der Waals surface area contributed by atoms with Gasteiger partial charge in [0.2, 0.25) is 0 Å². The number of primary amides is 1. The van der Waals surface area contributed by atoms with Crippen LogP contribution in [0.2, 0.25) is 5.15 Å². The third-order valence-electron chi connectivity index (χ3n) is 2.08. The van der Waals surface area contributed by atoms with E-state index in [4.69, 9.17) is 22.1 Å². The number of halogens is 1. The summed E-state index contributed by atoms with van der Waals surface area (Å²) in [5.74, 6) is 5.77. The van der Waals surface area contributed by atoms with Crippen molar-refractivity contribution in [1.29, 1.82) is 0 Å². The summed E-state index contributed by atoms with van der Waals surface area (Å²) in [6, 6.07) is 3.31. The summed E-state index contributed by atoms with van der Waals surface area (Å²) in [5.41, 5.74) is 4.89. The van der Waals surface area contributed by atoms with Gasteiger partial charge in [-0.05, 0) is 38.3 Å². The van der Waals surface area contributed by atoms with Gasteiger partial charge in [0.25, 0.3) is 0 Å². The predicted octanol–water partition coefficient (Wildman–Crippen LogP) is 2.14. The van der Waals surface area contributed by atoms with Crippen LogP contribution in [0.15, 0.2) is 12.1 Å². The first kappa shape index (κ1) is 14.3. The predicted molar refractivity (Wildman–Crippen MR) is 67.9 cm³/mol. The first-order chi connectivity index (χ1) is 8.39. The van der Waals surface area contributed by atoms with Crippen LogP contribution in [0, 0.1) is 11.8 Å². The van der Waals surface area contributed by atoms with E-state index in [1.165, 1.54) is 0 Å². The zero-order valence-corrected chi connectivity index (χ0v) is 11.0. The number of hydrogen-bond acceptors (Lipinski definition) is 4. The molecule has 0 radical (unpaired) electrons. The number of carbonyl (C=O) groups is 1. The van der Waals surface area contributed by atoms with Gasteiger partial charge in [-0.25, -0.2) is 4.79 Å². The minimum atomic E-state index is -0.781. The lowest BCUT2D eigenvalue weighted by Crippen LogP contribution is -2.30. The number of nitrogens with two attached hydrogens (primary N) is 1. The van der Waals surface area contributed by atoms with E-state index in [9.17, 15) is 4.79 Å². The van der Waals surface area contributed by atoms with E-state index in [1.54, 1.807) is 26.0 Å². The molecule has 6 heteroatoms. The molecule has 1 aromatic heterocycles. The summed E-state index contributed by atoms with van der Waals surface area (Å²) in [4.78, 5) is 10.6. The maximum Gasteiger partial charge on any atom is 0.405 e. The summed E-state index contributed by atoms with van der Waals surface area (Å²) >= 11 is 5.60. The molecule has 0 aromatic carbocycles. The average Bonchev–Trinajstić information content (AvgIpc) is 2.25. The minimum Gasteiger partial charge on any atom is -0.444 e. The summed E-state index contributed by atoms with van der Waals surface area (Å²) in [6.45, 7) is 3.56. The summed E-state index contributed by atoms with van der Waals surface area (Å²) in [7, 11) is 0. The van der Waals surface area contributed by atoms with Gasteiger partial charge >= 0.3 is 6.09 Å². The molecule has 1 amide bonds. The van der Waals surface area contributed by atoms with Crippen LogP contribution < -0.4 is 5.73 Å². The molecule has 0 spiro atoms. The van der Waals surface area contributed by atoms with Gasteiger partial charge in [-0.1, -0.05) is 17.5 Å². The van der Waals surface area contributed by atoms with Crippen molar-refractivity contribution in [1.82, 2.24) is 10.2 Å². The topological polar surface area (TPSA) is 78.1 Å². The number of amides is 1. The second-order valence-electron chi connectivity index (χ2n) is 4.22. The van der Waals surface area contributed by atoms with Crippen LogP contribution in [0.3, 0.4) is 0 Å². The van der Waals surface area contributed by atoms with Crippen molar-refractivity contribution in [2.24, 2.45) is 5.73 Å². The third-order valence-corrected chi connectivity index (χ3v) is 2.28. The molecule has 0 bridgehead atoms. The van der Waals surface area contributed by atoms with Crippen molar-refractivity contribution in [2.75, 3.05) is 0 Å². The molecule has 1 aromatic rings. The Balaban J connectivity index is 2.47. The molecule has 0 atom stereocenters. The van der Waals surface area contributed by atoms with Crippen LogP contribution >= 0.6 is 11.6 Å². The van der Waals surface area contributed by atoms with Gasteiger partial charge in [-0.15, -0.1) is 10.2 Å². The Bertz CT molecular complexity index is 474. The van der Waals surface area contributed by atoms with Crippen molar-refractivity contribution >= 4 is 17.7 Å². The maximum absolute atomic E-state index is 10.6. The Morgan fingerprint density at radius 2 is 2.22 bits per heavy atom. The molecule has 0 unspecified atom stereocenters. The highest BCUT2D eigenvalue weighted by Crippen LogP contribution is 2.15. The normalized spacial score (nSPS) is 10.4. The molecule has 1 rings (SSSR count). The third kappa shape index (κ3) is 5.51. The van der Waals surface area contributed by atoms with Gasteiger partial charge in [0.15, 0.2) is 5.15 Å². The van der Waals surface area contributed by atoms with Crippen LogP contribution in [0.4, 0.5) is 4.79 Å². The summed E-state index contributed by atoms with van der Waals surface area (Å²) < 4.78 is 4.93. The fourth-order valence-corrected chi connectivity index (χ4v) is 1.32. The van der Waals surface area contributed by atoms with Gasteiger partial charge in [0.05, 0.1) is 0 Å². The van der Waals surface area contributed by atoms with Crippen LogP contribution in [0.1, 0.15) is 32.4 Å². The highest BCUT2D eigenvalue weighted by Gasteiger charge is 2.20. The molecule has 5 nitrogen and oxygen atoms in total. The van der Waals surface area contributed by atoms with Crippen molar-refractivity contribution in [2.45, 2.75) is 32.3 Å². The smallest absolute Gasteiger partial charge is 0.405 e. The van der Waals surface area contributed by atoms with Gasteiger partial charge in [-0.3, -0.25) is 0 Å². The fourth-order valence-electron chi connectivity index (χ4n) is 1.22. The molecule has 0 aliphatic rings. The number of carbonyl (C=O) groups excluding carboxylic acids is 1. The highest BCUT2D eigenvalue weighted by molar-refractivity contribution is 6.29. The number of ether oxygens (including phenoxy) is 1. The molecular formula is C12H14ClN3O2. The maximum atomic E-state index is 10.6. The van der Waals surface area contributed by atoms with Crippen molar-refractivity contribution in [3.63, 3.8) is 0 Å². The van der Waals surface area contributed by atoms with E-state index < -0.39 is 11.7 Å². The Hall–Kier alpha value is -1.80. The SMILES string of the molecule is CC(C)(CCC#Cc1ccc(Cl)nn1)OC(N)=O. The van der Waals surface area contributed by atoms with Crippen molar-refractivity contribution in [3.8, 4) is 11.8 Å². The van der Waals surface area contributed by atoms with Crippen LogP contribution in [0.25, 0.3) is 0 Å². The molecule has 2 N–H and O–H groups in total. The van der Waals surface area contributed by atoms with Gasteiger partial charge in [0, 0.05) is 6.42 Å². The van der Waals surface area contributed by atoms with E-state index in [2.05, 4.69) is 22.0 Å². The number of rotatable bonds is 3. The monoisotopic (exact) mass is 267 g/mol. The lowest BCUT2D eigenvalue weighted by Gasteiger charge is -2.22. The fraction of sp³-hybridized carbons (Fsp3) is 0.417. The standard InChI is InChI=1S/C12H14ClN3O2/c1-12(2,18-11(14)17)8-4-3-5-9-6-7-10(13)16-15-9/h6-7H,4,8H2,1-2H3,(H2,14,17). The van der Waals surface area contributed by atoms with Crippen molar-refractivity contribution in [3.05, 3.63) is 23.0 Å². The molecule has 96 valence electrons. The van der Waals surface area contributed by atoms with Crippen molar-refractivity contribution < 1.29 is 9.53 Å². The highest BCUT2D eigenvalue weighted by atomic mass is 35.5. The number of hydrogen-bond donors (Lipinski definition) is 1. The van der Waals surface area contributed by atoms with E-state index in [-0.39, 0.29) is 0 Å². The molecule has 0 saturated heterocycles. The lowest BCUT2D eigenvalue weighted by molar-refractivity contribution is 0.0403. The van der Waals surface area contributed by atoms with E-state index >= 15 is 0 Å². The number of nitrogens with zero attached hydrogens (tertiary/aromatic N) is 2. The Labute approximate surface area is 111 Å². The van der Waals surface area contributed by atoms with Gasteiger partial charge in [0.1, 0.15) is 11.3 Å². The van der Waals surface area contributed by atoms with E-state index in [1.807, 2.05) is 0 Å². The van der Waals surface area contributed by atoms with Crippen LogP contribution in [-0.4, -0.2) is 21.9 Å². The largest absolute Gasteiger partial charge is 0.444 e. The zero-order chi connectivity index (χ0) is 13.6. The molecule has 18 heavy (non-hydrogen) atoms. The van der Waals surface area contributed by atoms with E-state index in [0.717, 1.165) is 0 Å². The lowest BCUT2D eigenvalue weighted by atomic mass is 10.0. The minimum absolute atomic E-state index is 0.330. The molecule has 0 aliphatic heterocycles. The van der Waals surface area contributed by atoms with Crippen LogP contribution in [-0.2, 0) is 4.74 Å². The summed E-state index contributed by atoms with van der Waals surface area (Å²) in [5, 5.41) is 7.80. The second kappa shape index (κ2) is 6.22. The molecular weight excluding hydrogens is 254 g/mol. The zero-order valence-electron chi connectivity index (χ0n) is 10.2. The molecule has 0 saturated carbocycles. The second-order valence-corrected chi connectivity index (χ2v) is 4.61.